The fraction of sp³-hybridized carbons (Fsp3) is 0.750. The molecule has 1 aliphatic rings. The third-order valence-electron chi connectivity index (χ3n) is 1.57. The van der Waals surface area contributed by atoms with Gasteiger partial charge >= 0.3 is 0 Å². The van der Waals surface area contributed by atoms with Crippen molar-refractivity contribution in [1.29, 1.82) is 0 Å². The van der Waals surface area contributed by atoms with Crippen LogP contribution in [0.4, 0.5) is 0 Å². The van der Waals surface area contributed by atoms with Crippen LogP contribution in [-0.4, -0.2) is 11.2 Å². The highest BCUT2D eigenvalue weighted by Crippen LogP contribution is 2.07. The normalized spacial score (nSPS) is 27.4. The monoisotopic (exact) mass is 124 g/mol. The van der Waals surface area contributed by atoms with Gasteiger partial charge in [-0.15, -0.1) is 11.8 Å². The van der Waals surface area contributed by atoms with Gasteiger partial charge in [0.1, 0.15) is 0 Å². The van der Waals surface area contributed by atoms with Crippen LogP contribution in [0.5, 0.6) is 0 Å². The molecule has 0 aliphatic heterocycles. The third-order valence-corrected chi connectivity index (χ3v) is 1.57. The smallest absolute Gasteiger partial charge is 0.0549 e. The fourth-order valence-corrected chi connectivity index (χ4v) is 0.986. The zero-order valence-corrected chi connectivity index (χ0v) is 5.56. The minimum absolute atomic E-state index is 0.0837. The van der Waals surface area contributed by atoms with Gasteiger partial charge in [0.2, 0.25) is 0 Å². The molecule has 0 fully saturated rings. The number of hydrogen-bond donors (Lipinski definition) is 1. The van der Waals surface area contributed by atoms with E-state index >= 15 is 0 Å². The van der Waals surface area contributed by atoms with Crippen molar-refractivity contribution in [3.05, 3.63) is 0 Å². The van der Waals surface area contributed by atoms with E-state index in [9.17, 15) is 0 Å². The molecule has 0 spiro atoms. The molecule has 0 bridgehead atoms. The first kappa shape index (κ1) is 6.64. The zero-order valence-electron chi connectivity index (χ0n) is 5.56. The second-order valence-corrected chi connectivity index (χ2v) is 2.44. The van der Waals surface area contributed by atoms with E-state index in [1.165, 1.54) is 0 Å². The van der Waals surface area contributed by atoms with E-state index in [1.807, 2.05) is 0 Å². The Kier molecular flexibility index (Phi) is 2.60. The molecule has 0 aromatic rings. The lowest BCUT2D eigenvalue weighted by Gasteiger charge is -2.07. The van der Waals surface area contributed by atoms with Gasteiger partial charge < -0.3 is 5.11 Å². The standard InChI is InChI=1S/C8H12O/c9-8-6-4-2-1-3-5-7-8/h8-9H,2,4-7H2/t8-/m1/s1. The molecule has 1 nitrogen and oxygen atoms in total. The SMILES string of the molecule is O[C@H]1CCC#CCCC1. The molecule has 0 heterocycles. The van der Waals surface area contributed by atoms with Gasteiger partial charge in [0.15, 0.2) is 0 Å². The Morgan fingerprint density at radius 3 is 2.78 bits per heavy atom. The summed E-state index contributed by atoms with van der Waals surface area (Å²) in [5.41, 5.74) is 0. The highest BCUT2D eigenvalue weighted by Gasteiger charge is 2.02. The third kappa shape index (κ3) is 2.53. The van der Waals surface area contributed by atoms with Crippen molar-refractivity contribution in [1.82, 2.24) is 0 Å². The number of hydrogen-bond acceptors (Lipinski definition) is 1. The summed E-state index contributed by atoms with van der Waals surface area (Å²) >= 11 is 0. The van der Waals surface area contributed by atoms with Crippen LogP contribution in [0.3, 0.4) is 0 Å². The van der Waals surface area contributed by atoms with E-state index in [1.54, 1.807) is 0 Å². The summed E-state index contributed by atoms with van der Waals surface area (Å²) in [7, 11) is 0. The molecular formula is C8H12O. The molecule has 1 rings (SSSR count). The van der Waals surface area contributed by atoms with E-state index < -0.39 is 0 Å². The van der Waals surface area contributed by atoms with Crippen LogP contribution in [0.25, 0.3) is 0 Å². The van der Waals surface area contributed by atoms with Gasteiger partial charge in [-0.05, 0) is 19.3 Å². The number of aliphatic hydroxyl groups is 1. The second kappa shape index (κ2) is 3.53. The summed E-state index contributed by atoms with van der Waals surface area (Å²) in [6.07, 6.45) is 4.63. The van der Waals surface area contributed by atoms with E-state index in [0.29, 0.717) is 0 Å². The maximum atomic E-state index is 9.15. The second-order valence-electron chi connectivity index (χ2n) is 2.44. The lowest BCUT2D eigenvalue weighted by molar-refractivity contribution is 0.153. The van der Waals surface area contributed by atoms with Crippen molar-refractivity contribution in [2.75, 3.05) is 0 Å². The van der Waals surface area contributed by atoms with Gasteiger partial charge in [0.25, 0.3) is 0 Å². The maximum Gasteiger partial charge on any atom is 0.0549 e. The molecular weight excluding hydrogens is 112 g/mol. The molecule has 1 N–H and O–H groups in total. The van der Waals surface area contributed by atoms with E-state index in [0.717, 1.165) is 32.1 Å². The molecule has 1 heteroatoms. The molecule has 0 unspecified atom stereocenters. The van der Waals surface area contributed by atoms with E-state index in [4.69, 9.17) is 5.11 Å². The minimum atomic E-state index is -0.0837. The molecule has 50 valence electrons. The summed E-state index contributed by atoms with van der Waals surface area (Å²) in [4.78, 5) is 0. The van der Waals surface area contributed by atoms with Crippen LogP contribution in [0.1, 0.15) is 32.1 Å². The summed E-state index contributed by atoms with van der Waals surface area (Å²) in [5, 5.41) is 9.15. The Bertz CT molecular complexity index is 129. The van der Waals surface area contributed by atoms with Gasteiger partial charge in [-0.25, -0.2) is 0 Å². The van der Waals surface area contributed by atoms with Crippen molar-refractivity contribution in [3.63, 3.8) is 0 Å². The van der Waals surface area contributed by atoms with Gasteiger partial charge in [-0.3, -0.25) is 0 Å². The highest BCUT2D eigenvalue weighted by atomic mass is 16.3. The molecule has 1 atom stereocenters. The Balaban J connectivity index is 2.32. The number of rotatable bonds is 0. The first-order valence-corrected chi connectivity index (χ1v) is 3.53. The van der Waals surface area contributed by atoms with Crippen LogP contribution in [-0.2, 0) is 0 Å². The van der Waals surface area contributed by atoms with Crippen LogP contribution in [0.15, 0.2) is 0 Å². The van der Waals surface area contributed by atoms with Crippen LogP contribution < -0.4 is 0 Å². The number of aliphatic hydroxyl groups excluding tert-OH is 1. The fourth-order valence-electron chi connectivity index (χ4n) is 0.986. The maximum absolute atomic E-state index is 9.15. The Labute approximate surface area is 56.1 Å². The lowest BCUT2D eigenvalue weighted by atomic mass is 10.1. The topological polar surface area (TPSA) is 20.2 Å². The molecule has 0 aromatic carbocycles. The molecule has 0 radical (unpaired) electrons. The first-order chi connectivity index (χ1) is 4.39. The molecule has 0 saturated carbocycles. The van der Waals surface area contributed by atoms with Crippen molar-refractivity contribution >= 4 is 0 Å². The van der Waals surface area contributed by atoms with Gasteiger partial charge in [0.05, 0.1) is 6.10 Å². The predicted molar refractivity (Wildman–Crippen MR) is 36.9 cm³/mol. The summed E-state index contributed by atoms with van der Waals surface area (Å²) in [6.45, 7) is 0. The average Bonchev–Trinajstić information content (AvgIpc) is 1.79. The lowest BCUT2D eigenvalue weighted by Crippen LogP contribution is -2.06. The van der Waals surface area contributed by atoms with Crippen molar-refractivity contribution in [2.45, 2.75) is 38.2 Å². The van der Waals surface area contributed by atoms with Gasteiger partial charge in [-0.1, -0.05) is 0 Å². The molecule has 0 aromatic heterocycles. The zero-order chi connectivity index (χ0) is 6.53. The van der Waals surface area contributed by atoms with Crippen LogP contribution in [0.2, 0.25) is 0 Å². The summed E-state index contributed by atoms with van der Waals surface area (Å²) in [5.74, 6) is 6.05. The summed E-state index contributed by atoms with van der Waals surface area (Å²) < 4.78 is 0. The van der Waals surface area contributed by atoms with Crippen molar-refractivity contribution < 1.29 is 5.11 Å². The largest absolute Gasteiger partial charge is 0.393 e. The van der Waals surface area contributed by atoms with E-state index in [-0.39, 0.29) is 6.10 Å². The van der Waals surface area contributed by atoms with Gasteiger partial charge in [-0.2, -0.15) is 0 Å². The average molecular weight is 124 g/mol. The van der Waals surface area contributed by atoms with Crippen LogP contribution >= 0.6 is 0 Å². The Morgan fingerprint density at radius 2 is 1.89 bits per heavy atom. The van der Waals surface area contributed by atoms with Gasteiger partial charge in [0, 0.05) is 12.8 Å². The molecule has 0 amide bonds. The van der Waals surface area contributed by atoms with Crippen molar-refractivity contribution in [2.24, 2.45) is 0 Å². The predicted octanol–water partition coefficient (Wildman–Crippen LogP) is 1.31. The quantitative estimate of drug-likeness (QED) is 0.483. The highest BCUT2D eigenvalue weighted by molar-refractivity contribution is 5.00. The summed E-state index contributed by atoms with van der Waals surface area (Å²) in [6, 6.07) is 0. The van der Waals surface area contributed by atoms with Crippen molar-refractivity contribution in [3.8, 4) is 11.8 Å². The Hall–Kier alpha value is -0.480. The van der Waals surface area contributed by atoms with Crippen LogP contribution in [0, 0.1) is 11.8 Å². The molecule has 9 heavy (non-hydrogen) atoms. The minimum Gasteiger partial charge on any atom is -0.393 e. The molecule has 0 saturated heterocycles. The van der Waals surface area contributed by atoms with E-state index in [2.05, 4.69) is 11.8 Å². The Morgan fingerprint density at radius 1 is 1.11 bits per heavy atom. The molecule has 1 aliphatic carbocycles. The first-order valence-electron chi connectivity index (χ1n) is 3.53.